The molecule has 48 heavy (non-hydrogen) atoms. The van der Waals surface area contributed by atoms with Gasteiger partial charge in [0, 0.05) is 29.1 Å². The minimum Gasteiger partial charge on any atom is -0.255 e. The summed E-state index contributed by atoms with van der Waals surface area (Å²) in [7, 11) is 0. The minimum atomic E-state index is 0.703. The van der Waals surface area contributed by atoms with E-state index in [0.717, 1.165) is 73.1 Å². The molecular formula is C43H29N5. The fourth-order valence-corrected chi connectivity index (χ4v) is 5.77. The third-order valence-electron chi connectivity index (χ3n) is 8.22. The van der Waals surface area contributed by atoms with Gasteiger partial charge in [-0.2, -0.15) is 0 Å². The van der Waals surface area contributed by atoms with Crippen LogP contribution in [-0.4, -0.2) is 24.9 Å². The SMILES string of the molecule is c1ccc(-c2cc(-c3cccc(-c4ccc(-c5cc(-c6ccccn6)nc(-c6ccccn6)c5)cc4)c3)nc(-c3ccccc3)n2)cc1. The lowest BCUT2D eigenvalue weighted by atomic mass is 9.97. The first kappa shape index (κ1) is 28.9. The number of rotatable bonds is 7. The van der Waals surface area contributed by atoms with E-state index in [9.17, 15) is 0 Å². The van der Waals surface area contributed by atoms with E-state index in [1.807, 2.05) is 84.9 Å². The number of hydrogen-bond acceptors (Lipinski definition) is 5. The second-order valence-corrected chi connectivity index (χ2v) is 11.4. The summed E-state index contributed by atoms with van der Waals surface area (Å²) < 4.78 is 0. The zero-order chi connectivity index (χ0) is 32.1. The second kappa shape index (κ2) is 13.0. The molecule has 5 nitrogen and oxygen atoms in total. The maximum absolute atomic E-state index is 5.03. The van der Waals surface area contributed by atoms with Crippen LogP contribution in [0.25, 0.3) is 78.9 Å². The molecule has 0 atom stereocenters. The summed E-state index contributed by atoms with van der Waals surface area (Å²) in [6.45, 7) is 0. The Morgan fingerprint density at radius 2 is 0.750 bits per heavy atom. The van der Waals surface area contributed by atoms with Gasteiger partial charge in [-0.15, -0.1) is 0 Å². The molecule has 0 saturated heterocycles. The molecule has 4 aromatic heterocycles. The van der Waals surface area contributed by atoms with Crippen LogP contribution < -0.4 is 0 Å². The molecule has 0 bridgehead atoms. The molecule has 0 N–H and O–H groups in total. The van der Waals surface area contributed by atoms with Crippen LogP contribution in [0.15, 0.2) is 176 Å². The van der Waals surface area contributed by atoms with Crippen molar-refractivity contribution in [1.29, 1.82) is 0 Å². The standard InChI is InChI=1S/C43H29N5/c1-3-12-32(13-4-1)39-29-40(48-43(47-39)33-14-5-2-6-15-33)35-17-11-16-34(26-35)30-20-22-31(23-21-30)36-27-41(37-18-7-9-24-44-37)46-42(28-36)38-19-8-10-25-45-38/h1-29H. The zero-order valence-electron chi connectivity index (χ0n) is 26.0. The van der Waals surface area contributed by atoms with Gasteiger partial charge in [-0.1, -0.05) is 115 Å². The third-order valence-corrected chi connectivity index (χ3v) is 8.22. The van der Waals surface area contributed by atoms with Crippen molar-refractivity contribution < 1.29 is 0 Å². The molecule has 0 spiro atoms. The van der Waals surface area contributed by atoms with Gasteiger partial charge in [0.05, 0.1) is 34.2 Å². The molecule has 0 radical (unpaired) electrons. The summed E-state index contributed by atoms with van der Waals surface area (Å²) in [5, 5.41) is 0. The van der Waals surface area contributed by atoms with Crippen LogP contribution in [0, 0.1) is 0 Å². The van der Waals surface area contributed by atoms with Crippen molar-refractivity contribution in [3.8, 4) is 78.9 Å². The van der Waals surface area contributed by atoms with Crippen LogP contribution in [0.5, 0.6) is 0 Å². The van der Waals surface area contributed by atoms with Gasteiger partial charge in [0.15, 0.2) is 5.82 Å². The molecule has 8 rings (SSSR count). The lowest BCUT2D eigenvalue weighted by Crippen LogP contribution is -1.96. The Morgan fingerprint density at radius 3 is 1.33 bits per heavy atom. The summed E-state index contributed by atoms with van der Waals surface area (Å²) in [5.74, 6) is 0.703. The molecule has 226 valence electrons. The topological polar surface area (TPSA) is 64.5 Å². The van der Waals surface area contributed by atoms with Crippen molar-refractivity contribution in [2.75, 3.05) is 0 Å². The first-order valence-corrected chi connectivity index (χ1v) is 15.8. The molecule has 0 saturated carbocycles. The van der Waals surface area contributed by atoms with Gasteiger partial charge in [0.25, 0.3) is 0 Å². The highest BCUT2D eigenvalue weighted by Crippen LogP contribution is 2.33. The molecule has 5 heteroatoms. The highest BCUT2D eigenvalue weighted by Gasteiger charge is 2.13. The van der Waals surface area contributed by atoms with Gasteiger partial charge >= 0.3 is 0 Å². The van der Waals surface area contributed by atoms with E-state index in [-0.39, 0.29) is 0 Å². The van der Waals surface area contributed by atoms with Crippen molar-refractivity contribution in [2.45, 2.75) is 0 Å². The van der Waals surface area contributed by atoms with Gasteiger partial charge in [-0.05, 0) is 70.8 Å². The molecule has 8 aromatic rings. The lowest BCUT2D eigenvalue weighted by Gasteiger charge is -2.11. The Morgan fingerprint density at radius 1 is 0.250 bits per heavy atom. The van der Waals surface area contributed by atoms with E-state index in [0.29, 0.717) is 5.82 Å². The smallest absolute Gasteiger partial charge is 0.160 e. The fourth-order valence-electron chi connectivity index (χ4n) is 5.77. The highest BCUT2D eigenvalue weighted by molar-refractivity contribution is 5.79. The zero-order valence-corrected chi connectivity index (χ0v) is 26.0. The van der Waals surface area contributed by atoms with Crippen LogP contribution in [0.3, 0.4) is 0 Å². The summed E-state index contributed by atoms with van der Waals surface area (Å²) in [6, 6.07) is 55.6. The van der Waals surface area contributed by atoms with Gasteiger partial charge in [0.1, 0.15) is 0 Å². The van der Waals surface area contributed by atoms with Crippen LogP contribution in [-0.2, 0) is 0 Å². The molecule has 0 aliphatic rings. The van der Waals surface area contributed by atoms with Crippen molar-refractivity contribution in [3.63, 3.8) is 0 Å². The van der Waals surface area contributed by atoms with Crippen molar-refractivity contribution in [2.24, 2.45) is 0 Å². The molecule has 0 amide bonds. The van der Waals surface area contributed by atoms with E-state index >= 15 is 0 Å². The predicted octanol–water partition coefficient (Wildman–Crippen LogP) is 10.3. The van der Waals surface area contributed by atoms with Gasteiger partial charge in [-0.25, -0.2) is 15.0 Å². The second-order valence-electron chi connectivity index (χ2n) is 11.4. The molecular weight excluding hydrogens is 587 g/mol. The average Bonchev–Trinajstić information content (AvgIpc) is 3.19. The van der Waals surface area contributed by atoms with E-state index in [1.165, 1.54) is 0 Å². The summed E-state index contributed by atoms with van der Waals surface area (Å²) >= 11 is 0. The third kappa shape index (κ3) is 6.13. The van der Waals surface area contributed by atoms with Gasteiger partial charge in [0.2, 0.25) is 0 Å². The number of aromatic nitrogens is 5. The number of pyridine rings is 3. The van der Waals surface area contributed by atoms with Crippen molar-refractivity contribution in [3.05, 3.63) is 176 Å². The Labute approximate surface area is 279 Å². The first-order chi connectivity index (χ1) is 23.8. The first-order valence-electron chi connectivity index (χ1n) is 15.8. The van der Waals surface area contributed by atoms with Crippen LogP contribution in [0.1, 0.15) is 0 Å². The monoisotopic (exact) mass is 615 g/mol. The molecule has 4 aromatic carbocycles. The normalized spacial score (nSPS) is 10.9. The van der Waals surface area contributed by atoms with Crippen LogP contribution in [0.2, 0.25) is 0 Å². The van der Waals surface area contributed by atoms with E-state index in [4.69, 9.17) is 15.0 Å². The van der Waals surface area contributed by atoms with E-state index in [1.54, 1.807) is 12.4 Å². The molecule has 0 aliphatic heterocycles. The van der Waals surface area contributed by atoms with Gasteiger partial charge in [-0.3, -0.25) is 9.97 Å². The maximum Gasteiger partial charge on any atom is 0.160 e. The van der Waals surface area contributed by atoms with Crippen molar-refractivity contribution >= 4 is 0 Å². The van der Waals surface area contributed by atoms with Crippen LogP contribution >= 0.6 is 0 Å². The van der Waals surface area contributed by atoms with E-state index < -0.39 is 0 Å². The largest absolute Gasteiger partial charge is 0.255 e. The van der Waals surface area contributed by atoms with Gasteiger partial charge < -0.3 is 0 Å². The fraction of sp³-hybridized carbons (Fsp3) is 0. The predicted molar refractivity (Wildman–Crippen MR) is 193 cm³/mol. The Hall–Kier alpha value is -6.59. The highest BCUT2D eigenvalue weighted by atomic mass is 14.9. The Balaban J connectivity index is 1.16. The Bertz CT molecular complexity index is 2190. The number of nitrogens with zero attached hydrogens (tertiary/aromatic N) is 5. The lowest BCUT2D eigenvalue weighted by molar-refractivity contribution is 1.18. The molecule has 4 heterocycles. The van der Waals surface area contributed by atoms with Crippen LogP contribution in [0.4, 0.5) is 0 Å². The number of hydrogen-bond donors (Lipinski definition) is 0. The molecule has 0 unspecified atom stereocenters. The Kier molecular flexibility index (Phi) is 7.83. The minimum absolute atomic E-state index is 0.703. The molecule has 0 fully saturated rings. The number of benzene rings is 4. The quantitative estimate of drug-likeness (QED) is 0.178. The maximum atomic E-state index is 5.03. The summed E-state index contributed by atoms with van der Waals surface area (Å²) in [6.07, 6.45) is 3.58. The van der Waals surface area contributed by atoms with E-state index in [2.05, 4.69) is 88.8 Å². The summed E-state index contributed by atoms with van der Waals surface area (Å²) in [4.78, 5) is 24.0. The average molecular weight is 616 g/mol. The summed E-state index contributed by atoms with van der Waals surface area (Å²) in [5.41, 5.74) is 12.4. The van der Waals surface area contributed by atoms with Crippen molar-refractivity contribution in [1.82, 2.24) is 24.9 Å². The molecule has 0 aliphatic carbocycles.